The third kappa shape index (κ3) is 6.09. The van der Waals surface area contributed by atoms with Crippen molar-refractivity contribution in [2.45, 2.75) is 78.4 Å². The topological polar surface area (TPSA) is 25.8 Å². The number of thiol groups is 1. The van der Waals surface area contributed by atoms with Gasteiger partial charge in [0.05, 0.1) is 0 Å². The van der Waals surface area contributed by atoms with Crippen LogP contribution in [0.25, 0.3) is 0 Å². The van der Waals surface area contributed by atoms with Gasteiger partial charge >= 0.3 is 141 Å². The first-order chi connectivity index (χ1) is 10.2. The quantitative estimate of drug-likeness (QED) is 0.408. The van der Waals surface area contributed by atoms with E-state index in [1.807, 2.05) is 6.20 Å². The molecular weight excluding hydrogens is 383 g/mol. The summed E-state index contributed by atoms with van der Waals surface area (Å²) in [6.45, 7) is 6.94. The second kappa shape index (κ2) is 10.9. The molecule has 0 aliphatic carbocycles. The molecule has 0 bridgehead atoms. The van der Waals surface area contributed by atoms with Gasteiger partial charge in [-0.15, -0.1) is 0 Å². The van der Waals surface area contributed by atoms with Crippen molar-refractivity contribution >= 4 is 34.7 Å². The van der Waals surface area contributed by atoms with E-state index in [9.17, 15) is 0 Å². The van der Waals surface area contributed by atoms with E-state index in [2.05, 4.69) is 44.5 Å². The molecule has 0 fully saturated rings. The zero-order valence-electron chi connectivity index (χ0n) is 14.1. The van der Waals surface area contributed by atoms with Crippen LogP contribution >= 0.6 is 12.6 Å². The normalized spacial score (nSPS) is 11.8. The Bertz CT molecular complexity index is 376. The second-order valence-corrected chi connectivity index (χ2v) is 19.5. The van der Waals surface area contributed by atoms with Crippen LogP contribution in [0.4, 0.5) is 0 Å². The Hall–Kier alpha value is 0.229. The van der Waals surface area contributed by atoms with Crippen LogP contribution in [0.5, 0.6) is 0 Å². The van der Waals surface area contributed by atoms with E-state index in [-0.39, 0.29) is 0 Å². The molecular formula is C17H32N2SSn. The molecule has 1 rings (SSSR count). The van der Waals surface area contributed by atoms with Crippen LogP contribution < -0.4 is 3.71 Å². The van der Waals surface area contributed by atoms with Crippen LogP contribution in [0.2, 0.25) is 13.3 Å². The first-order valence-corrected chi connectivity index (χ1v) is 16.8. The van der Waals surface area contributed by atoms with Crippen LogP contribution in [0, 0.1) is 0 Å². The third-order valence-corrected chi connectivity index (χ3v) is 19.8. The van der Waals surface area contributed by atoms with Gasteiger partial charge in [0.15, 0.2) is 0 Å². The summed E-state index contributed by atoms with van der Waals surface area (Å²) in [7, 11) is 0. The third-order valence-electron chi connectivity index (χ3n) is 4.42. The van der Waals surface area contributed by atoms with Crippen molar-refractivity contribution in [1.82, 2.24) is 9.97 Å². The van der Waals surface area contributed by atoms with Gasteiger partial charge in [-0.05, 0) is 0 Å². The molecule has 0 saturated carbocycles. The van der Waals surface area contributed by atoms with E-state index >= 15 is 0 Å². The Morgan fingerprint density at radius 3 is 1.90 bits per heavy atom. The van der Waals surface area contributed by atoms with Gasteiger partial charge in [-0.1, -0.05) is 0 Å². The molecule has 0 spiro atoms. The van der Waals surface area contributed by atoms with Gasteiger partial charge in [0, 0.05) is 0 Å². The van der Waals surface area contributed by atoms with E-state index in [0.29, 0.717) is 5.75 Å². The molecule has 21 heavy (non-hydrogen) atoms. The molecule has 0 aromatic carbocycles. The fraction of sp³-hybridized carbons (Fsp3) is 0.765. The summed E-state index contributed by atoms with van der Waals surface area (Å²) in [5.74, 6) is 1.58. The SMILES string of the molecule is CCC[CH2][Sn]([CH2]CCC)([CH2]CCC)[c]1ccnc(CS)n1. The average molecular weight is 415 g/mol. The summed E-state index contributed by atoms with van der Waals surface area (Å²) in [6, 6.07) is 2.24. The van der Waals surface area contributed by atoms with Crippen LogP contribution in [-0.2, 0) is 5.75 Å². The molecule has 0 aliphatic heterocycles. The van der Waals surface area contributed by atoms with Crippen LogP contribution in [0.15, 0.2) is 12.3 Å². The summed E-state index contributed by atoms with van der Waals surface area (Å²) in [6.07, 6.45) is 10.0. The molecule has 0 unspecified atom stereocenters. The number of nitrogens with zero attached hydrogens (tertiary/aromatic N) is 2. The van der Waals surface area contributed by atoms with Gasteiger partial charge in [-0.2, -0.15) is 0 Å². The Labute approximate surface area is 140 Å². The van der Waals surface area contributed by atoms with Gasteiger partial charge in [0.2, 0.25) is 0 Å². The van der Waals surface area contributed by atoms with Crippen molar-refractivity contribution in [3.8, 4) is 0 Å². The molecule has 2 nitrogen and oxygen atoms in total. The molecule has 0 N–H and O–H groups in total. The summed E-state index contributed by atoms with van der Waals surface area (Å²) < 4.78 is 5.87. The average Bonchev–Trinajstić information content (AvgIpc) is 2.54. The monoisotopic (exact) mass is 416 g/mol. The van der Waals surface area contributed by atoms with Gasteiger partial charge in [0.1, 0.15) is 0 Å². The van der Waals surface area contributed by atoms with E-state index in [1.54, 1.807) is 0 Å². The zero-order valence-corrected chi connectivity index (χ0v) is 17.8. The molecule has 0 amide bonds. The minimum atomic E-state index is -2.35. The molecule has 1 aromatic rings. The number of hydrogen-bond donors (Lipinski definition) is 1. The molecule has 1 aromatic heterocycles. The number of aromatic nitrogens is 2. The molecule has 0 radical (unpaired) electrons. The van der Waals surface area contributed by atoms with E-state index in [4.69, 9.17) is 4.98 Å². The maximum atomic E-state index is 4.93. The Balaban J connectivity index is 3.09. The van der Waals surface area contributed by atoms with Crippen LogP contribution in [-0.4, -0.2) is 28.3 Å². The maximum absolute atomic E-state index is 4.93. The summed E-state index contributed by atoms with van der Waals surface area (Å²) in [5, 5.41) is 0. The molecule has 0 atom stereocenters. The van der Waals surface area contributed by atoms with Crippen LogP contribution in [0.3, 0.4) is 0 Å². The predicted octanol–water partition coefficient (Wildman–Crippen LogP) is 4.96. The van der Waals surface area contributed by atoms with Crippen molar-refractivity contribution in [3.63, 3.8) is 0 Å². The predicted molar refractivity (Wildman–Crippen MR) is 99.3 cm³/mol. The molecule has 4 heteroatoms. The van der Waals surface area contributed by atoms with Gasteiger partial charge < -0.3 is 0 Å². The van der Waals surface area contributed by atoms with E-state index in [0.717, 1.165) is 5.82 Å². The van der Waals surface area contributed by atoms with E-state index in [1.165, 1.54) is 55.5 Å². The first kappa shape index (κ1) is 19.3. The Kier molecular flexibility index (Phi) is 9.98. The molecule has 1 heterocycles. The van der Waals surface area contributed by atoms with Gasteiger partial charge in [-0.3, -0.25) is 0 Å². The molecule has 120 valence electrons. The van der Waals surface area contributed by atoms with Crippen molar-refractivity contribution < 1.29 is 0 Å². The number of rotatable bonds is 11. The number of unbranched alkanes of at least 4 members (excludes halogenated alkanes) is 3. The van der Waals surface area contributed by atoms with Crippen molar-refractivity contribution in [2.75, 3.05) is 0 Å². The zero-order chi connectivity index (χ0) is 15.6. The molecule has 0 aliphatic rings. The number of hydrogen-bond acceptors (Lipinski definition) is 3. The van der Waals surface area contributed by atoms with Crippen LogP contribution in [0.1, 0.15) is 65.1 Å². The summed E-state index contributed by atoms with van der Waals surface area (Å²) >= 11 is 2.02. The Morgan fingerprint density at radius 2 is 1.48 bits per heavy atom. The summed E-state index contributed by atoms with van der Waals surface area (Å²) in [5.41, 5.74) is 0. The fourth-order valence-corrected chi connectivity index (χ4v) is 18.7. The first-order valence-electron chi connectivity index (χ1n) is 8.65. The van der Waals surface area contributed by atoms with Crippen molar-refractivity contribution in [1.29, 1.82) is 0 Å². The second-order valence-electron chi connectivity index (χ2n) is 6.11. The fourth-order valence-electron chi connectivity index (χ4n) is 3.08. The summed E-state index contributed by atoms with van der Waals surface area (Å²) in [4.78, 5) is 9.29. The van der Waals surface area contributed by atoms with Crippen molar-refractivity contribution in [3.05, 3.63) is 18.1 Å². The molecule has 0 saturated heterocycles. The Morgan fingerprint density at radius 1 is 0.952 bits per heavy atom. The van der Waals surface area contributed by atoms with Gasteiger partial charge in [-0.25, -0.2) is 0 Å². The van der Waals surface area contributed by atoms with E-state index < -0.39 is 18.4 Å². The van der Waals surface area contributed by atoms with Gasteiger partial charge in [0.25, 0.3) is 0 Å². The minimum absolute atomic E-state index is 0.658. The standard InChI is InChI=1S/C5H5N2S.3C4H9.Sn/c8-4-5-6-2-1-3-7-5;3*1-3-4-2;/h1-2,8H,4H2;3*1,3-4H2,2H3;. The van der Waals surface area contributed by atoms with Crippen molar-refractivity contribution in [2.24, 2.45) is 0 Å².